The largest absolute Gasteiger partial charge is 0.494 e. The lowest BCUT2D eigenvalue weighted by atomic mass is 9.93. The minimum absolute atomic E-state index is 0. The summed E-state index contributed by atoms with van der Waals surface area (Å²) in [6.07, 6.45) is 0. The number of nitrogens with two attached hydrogens (primary N) is 1. The second-order valence-corrected chi connectivity index (χ2v) is 5.51. The van der Waals surface area contributed by atoms with Crippen LogP contribution in [0.1, 0.15) is 19.4 Å². The summed E-state index contributed by atoms with van der Waals surface area (Å²) in [6.45, 7) is 6.45. The van der Waals surface area contributed by atoms with Crippen molar-refractivity contribution in [3.05, 3.63) is 29.6 Å². The topological polar surface area (TPSA) is 38.5 Å². The number of halogens is 2. The Kier molecular flexibility index (Phi) is 7.34. The van der Waals surface area contributed by atoms with E-state index in [2.05, 4.69) is 18.7 Å². The van der Waals surface area contributed by atoms with Crippen molar-refractivity contribution in [2.45, 2.75) is 20.4 Å². The average molecular weight is 291 g/mol. The first kappa shape index (κ1) is 18.2. The molecule has 0 bridgehead atoms. The van der Waals surface area contributed by atoms with Gasteiger partial charge in [0, 0.05) is 13.1 Å². The lowest BCUT2D eigenvalue weighted by molar-refractivity contribution is 0.209. The molecule has 0 spiro atoms. The minimum Gasteiger partial charge on any atom is -0.494 e. The Morgan fingerprint density at radius 1 is 1.37 bits per heavy atom. The minimum atomic E-state index is -0.318. The van der Waals surface area contributed by atoms with Crippen LogP contribution < -0.4 is 10.5 Å². The van der Waals surface area contributed by atoms with E-state index in [-0.39, 0.29) is 29.4 Å². The normalized spacial score (nSPS) is 11.3. The first-order valence-electron chi connectivity index (χ1n) is 6.09. The van der Waals surface area contributed by atoms with Gasteiger partial charge in [-0.1, -0.05) is 19.9 Å². The first-order chi connectivity index (χ1) is 8.38. The van der Waals surface area contributed by atoms with Gasteiger partial charge in [0.25, 0.3) is 0 Å². The SMILES string of the molecule is COc1ccc(CN(C)CC(C)(C)CN)cc1F.Cl. The van der Waals surface area contributed by atoms with Gasteiger partial charge in [-0.3, -0.25) is 0 Å². The molecule has 0 fully saturated rings. The molecular formula is C14H24ClFN2O. The molecule has 0 amide bonds. The summed E-state index contributed by atoms with van der Waals surface area (Å²) in [7, 11) is 3.48. The van der Waals surface area contributed by atoms with E-state index in [1.165, 1.54) is 13.2 Å². The summed E-state index contributed by atoms with van der Waals surface area (Å²) in [5.74, 6) is -0.0369. The van der Waals surface area contributed by atoms with Crippen LogP contribution in [0.2, 0.25) is 0 Å². The van der Waals surface area contributed by atoms with Crippen LogP contribution in [0, 0.1) is 11.2 Å². The molecule has 1 rings (SSSR count). The number of hydrogen-bond donors (Lipinski definition) is 1. The van der Waals surface area contributed by atoms with Crippen molar-refractivity contribution in [1.29, 1.82) is 0 Å². The molecule has 0 heterocycles. The van der Waals surface area contributed by atoms with E-state index in [1.807, 2.05) is 13.1 Å². The molecule has 0 unspecified atom stereocenters. The van der Waals surface area contributed by atoms with Crippen molar-refractivity contribution in [1.82, 2.24) is 4.90 Å². The Hall–Kier alpha value is -0.840. The van der Waals surface area contributed by atoms with Gasteiger partial charge in [0.05, 0.1) is 7.11 Å². The van der Waals surface area contributed by atoms with Gasteiger partial charge in [0.2, 0.25) is 0 Å². The van der Waals surface area contributed by atoms with Crippen LogP contribution in [0.15, 0.2) is 18.2 Å². The Balaban J connectivity index is 0.00000324. The van der Waals surface area contributed by atoms with Gasteiger partial charge in [-0.15, -0.1) is 12.4 Å². The number of benzene rings is 1. The third kappa shape index (κ3) is 5.76. The second-order valence-electron chi connectivity index (χ2n) is 5.51. The van der Waals surface area contributed by atoms with Crippen molar-refractivity contribution < 1.29 is 9.13 Å². The standard InChI is InChI=1S/C14H23FN2O.ClH/c1-14(2,9-16)10-17(3)8-11-5-6-13(18-4)12(15)7-11;/h5-7H,8-10,16H2,1-4H3;1H. The molecule has 110 valence electrons. The number of rotatable bonds is 6. The summed E-state index contributed by atoms with van der Waals surface area (Å²) in [5.41, 5.74) is 6.71. The molecule has 1 aromatic rings. The molecule has 5 heteroatoms. The maximum atomic E-state index is 13.5. The van der Waals surface area contributed by atoms with Gasteiger partial charge in [-0.25, -0.2) is 4.39 Å². The summed E-state index contributed by atoms with van der Waals surface area (Å²) >= 11 is 0. The van der Waals surface area contributed by atoms with Crippen molar-refractivity contribution >= 4 is 12.4 Å². The van der Waals surface area contributed by atoms with Crippen molar-refractivity contribution in [2.75, 3.05) is 27.2 Å². The fraction of sp³-hybridized carbons (Fsp3) is 0.571. The van der Waals surface area contributed by atoms with E-state index >= 15 is 0 Å². The molecule has 0 atom stereocenters. The number of nitrogens with zero attached hydrogens (tertiary/aromatic N) is 1. The predicted molar refractivity (Wildman–Crippen MR) is 79.4 cm³/mol. The van der Waals surface area contributed by atoms with E-state index in [1.54, 1.807) is 6.07 Å². The summed E-state index contributed by atoms with van der Waals surface area (Å²) in [4.78, 5) is 2.15. The van der Waals surface area contributed by atoms with Crippen LogP contribution in [0.5, 0.6) is 5.75 Å². The zero-order chi connectivity index (χ0) is 13.8. The molecule has 2 N–H and O–H groups in total. The molecule has 19 heavy (non-hydrogen) atoms. The Bertz CT molecular complexity index is 399. The molecule has 0 aliphatic rings. The van der Waals surface area contributed by atoms with Gasteiger partial charge in [0.15, 0.2) is 11.6 Å². The van der Waals surface area contributed by atoms with E-state index in [4.69, 9.17) is 10.5 Å². The molecule has 0 aromatic heterocycles. The van der Waals surface area contributed by atoms with Gasteiger partial charge in [-0.05, 0) is 36.7 Å². The summed E-state index contributed by atoms with van der Waals surface area (Å²) in [6, 6.07) is 5.06. The van der Waals surface area contributed by atoms with Crippen LogP contribution in [0.3, 0.4) is 0 Å². The fourth-order valence-corrected chi connectivity index (χ4v) is 1.97. The van der Waals surface area contributed by atoms with Crippen LogP contribution in [0.4, 0.5) is 4.39 Å². The zero-order valence-corrected chi connectivity index (χ0v) is 12.9. The molecule has 0 saturated heterocycles. The van der Waals surface area contributed by atoms with Crippen molar-refractivity contribution in [2.24, 2.45) is 11.1 Å². The lowest BCUT2D eigenvalue weighted by Crippen LogP contribution is -2.36. The average Bonchev–Trinajstić information content (AvgIpc) is 2.28. The van der Waals surface area contributed by atoms with Crippen LogP contribution in [-0.2, 0) is 6.54 Å². The van der Waals surface area contributed by atoms with Crippen molar-refractivity contribution in [3.8, 4) is 5.75 Å². The quantitative estimate of drug-likeness (QED) is 0.875. The van der Waals surface area contributed by atoms with Crippen LogP contribution >= 0.6 is 12.4 Å². The molecule has 1 aromatic carbocycles. The third-order valence-electron chi connectivity index (χ3n) is 2.92. The van der Waals surface area contributed by atoms with E-state index < -0.39 is 0 Å². The smallest absolute Gasteiger partial charge is 0.165 e. The Labute approximate surface area is 121 Å². The van der Waals surface area contributed by atoms with Gasteiger partial charge < -0.3 is 15.4 Å². The fourth-order valence-electron chi connectivity index (χ4n) is 1.97. The maximum absolute atomic E-state index is 13.5. The molecule has 0 radical (unpaired) electrons. The number of methoxy groups -OCH3 is 1. The van der Waals surface area contributed by atoms with Gasteiger partial charge in [0.1, 0.15) is 0 Å². The first-order valence-corrected chi connectivity index (χ1v) is 6.09. The monoisotopic (exact) mass is 290 g/mol. The predicted octanol–water partition coefficient (Wildman–Crippen LogP) is 2.67. The highest BCUT2D eigenvalue weighted by atomic mass is 35.5. The molecule has 0 aliphatic heterocycles. The van der Waals surface area contributed by atoms with Gasteiger partial charge >= 0.3 is 0 Å². The van der Waals surface area contributed by atoms with E-state index in [0.717, 1.165) is 12.1 Å². The lowest BCUT2D eigenvalue weighted by Gasteiger charge is -2.29. The highest BCUT2D eigenvalue weighted by Crippen LogP contribution is 2.20. The highest BCUT2D eigenvalue weighted by molar-refractivity contribution is 5.85. The summed E-state index contributed by atoms with van der Waals surface area (Å²) < 4.78 is 18.4. The maximum Gasteiger partial charge on any atom is 0.165 e. The molecular weight excluding hydrogens is 267 g/mol. The molecule has 3 nitrogen and oxygen atoms in total. The van der Waals surface area contributed by atoms with Crippen LogP contribution in [-0.4, -0.2) is 32.1 Å². The third-order valence-corrected chi connectivity index (χ3v) is 2.92. The highest BCUT2D eigenvalue weighted by Gasteiger charge is 2.18. The van der Waals surface area contributed by atoms with Gasteiger partial charge in [-0.2, -0.15) is 0 Å². The van der Waals surface area contributed by atoms with E-state index in [9.17, 15) is 4.39 Å². The number of hydrogen-bond acceptors (Lipinski definition) is 3. The number of ether oxygens (including phenoxy) is 1. The summed E-state index contributed by atoms with van der Waals surface area (Å²) in [5, 5.41) is 0. The van der Waals surface area contributed by atoms with Crippen molar-refractivity contribution in [3.63, 3.8) is 0 Å². The second kappa shape index (κ2) is 7.68. The Morgan fingerprint density at radius 3 is 2.47 bits per heavy atom. The zero-order valence-electron chi connectivity index (χ0n) is 12.1. The molecule has 0 aliphatic carbocycles. The van der Waals surface area contributed by atoms with E-state index in [0.29, 0.717) is 13.1 Å². The Morgan fingerprint density at radius 2 is 2.00 bits per heavy atom. The van der Waals surface area contributed by atoms with Crippen LogP contribution in [0.25, 0.3) is 0 Å². The molecule has 0 saturated carbocycles.